The van der Waals surface area contributed by atoms with Gasteiger partial charge in [0.05, 0.1) is 11.2 Å². The first-order valence-corrected chi connectivity index (χ1v) is 6.82. The summed E-state index contributed by atoms with van der Waals surface area (Å²) in [5.74, 6) is 2.90. The van der Waals surface area contributed by atoms with Crippen molar-refractivity contribution in [3.63, 3.8) is 0 Å². The molecule has 2 heterocycles. The lowest BCUT2D eigenvalue weighted by Gasteiger charge is -2.08. The second-order valence-electron chi connectivity index (χ2n) is 4.61. The molecule has 0 unspecified atom stereocenters. The summed E-state index contributed by atoms with van der Waals surface area (Å²) in [6, 6.07) is 1.95. The second-order valence-corrected chi connectivity index (χ2v) is 5.65. The number of aromatic nitrogens is 2. The number of nitrogens with zero attached hydrogens (tertiary/aromatic N) is 2. The molecule has 2 N–H and O–H groups in total. The molecule has 3 rings (SSSR count). The monoisotopic (exact) mass is 261 g/mol. The maximum atomic E-state index is 5.97. The van der Waals surface area contributed by atoms with Crippen molar-refractivity contribution in [2.24, 2.45) is 0 Å². The van der Waals surface area contributed by atoms with Crippen molar-refractivity contribution in [3.8, 4) is 0 Å². The molecular formula is C13H15N3OS. The maximum absolute atomic E-state index is 5.97. The van der Waals surface area contributed by atoms with Crippen LogP contribution in [0.5, 0.6) is 0 Å². The van der Waals surface area contributed by atoms with E-state index in [2.05, 4.69) is 9.97 Å². The van der Waals surface area contributed by atoms with Crippen molar-refractivity contribution in [2.45, 2.75) is 42.5 Å². The molecular weight excluding hydrogens is 246 g/mol. The van der Waals surface area contributed by atoms with E-state index in [4.69, 9.17) is 10.2 Å². The summed E-state index contributed by atoms with van der Waals surface area (Å²) in [7, 11) is 0. The van der Waals surface area contributed by atoms with Crippen molar-refractivity contribution in [1.29, 1.82) is 0 Å². The van der Waals surface area contributed by atoms with Crippen LogP contribution in [0.25, 0.3) is 0 Å². The van der Waals surface area contributed by atoms with Crippen LogP contribution in [-0.4, -0.2) is 9.97 Å². The molecule has 0 spiro atoms. The molecule has 4 nitrogen and oxygen atoms in total. The molecule has 1 saturated carbocycles. The fourth-order valence-electron chi connectivity index (χ4n) is 1.74. The summed E-state index contributed by atoms with van der Waals surface area (Å²) >= 11 is 1.60. The molecule has 94 valence electrons. The molecule has 0 radical (unpaired) electrons. The van der Waals surface area contributed by atoms with Crippen molar-refractivity contribution >= 4 is 17.6 Å². The lowest BCUT2D eigenvalue weighted by Crippen LogP contribution is -2.03. The van der Waals surface area contributed by atoms with Crippen LogP contribution in [0.3, 0.4) is 0 Å². The molecule has 1 aliphatic carbocycles. The normalized spacial score (nSPS) is 15.0. The van der Waals surface area contributed by atoms with E-state index in [9.17, 15) is 0 Å². The minimum Gasteiger partial charge on any atom is -0.468 e. The average molecular weight is 261 g/mol. The second kappa shape index (κ2) is 4.31. The topological polar surface area (TPSA) is 64.9 Å². The quantitative estimate of drug-likeness (QED) is 0.859. The Balaban J connectivity index is 1.97. The molecule has 0 aliphatic heterocycles. The number of anilines is 1. The highest BCUT2D eigenvalue weighted by Gasteiger charge is 2.28. The molecule has 0 aromatic carbocycles. The Morgan fingerprint density at radius 3 is 2.72 bits per heavy atom. The van der Waals surface area contributed by atoms with E-state index in [0.717, 1.165) is 27.1 Å². The molecule has 1 aliphatic rings. The first kappa shape index (κ1) is 11.6. The summed E-state index contributed by atoms with van der Waals surface area (Å²) in [4.78, 5) is 10.1. The summed E-state index contributed by atoms with van der Waals surface area (Å²) < 4.78 is 5.30. The molecule has 5 heteroatoms. The lowest BCUT2D eigenvalue weighted by molar-refractivity contribution is 0.527. The minimum absolute atomic E-state index is 0.512. The number of aryl methyl sites for hydroxylation is 1. The number of furan rings is 1. The van der Waals surface area contributed by atoms with E-state index in [1.165, 1.54) is 12.8 Å². The van der Waals surface area contributed by atoms with E-state index in [1.54, 1.807) is 18.0 Å². The van der Waals surface area contributed by atoms with Gasteiger partial charge in [0.1, 0.15) is 22.4 Å². The highest BCUT2D eigenvalue weighted by molar-refractivity contribution is 7.99. The Morgan fingerprint density at radius 2 is 2.11 bits per heavy atom. The third-order valence-corrected chi connectivity index (χ3v) is 4.35. The lowest BCUT2D eigenvalue weighted by atomic mass is 10.3. The third-order valence-electron chi connectivity index (χ3n) is 3.12. The molecule has 0 saturated heterocycles. The number of nitrogen functional groups attached to an aromatic ring is 1. The Morgan fingerprint density at radius 1 is 1.33 bits per heavy atom. The van der Waals surface area contributed by atoms with E-state index in [1.807, 2.05) is 19.9 Å². The van der Waals surface area contributed by atoms with Crippen LogP contribution in [0.2, 0.25) is 0 Å². The van der Waals surface area contributed by atoms with Crippen molar-refractivity contribution in [2.75, 3.05) is 5.73 Å². The molecule has 18 heavy (non-hydrogen) atoms. The van der Waals surface area contributed by atoms with Gasteiger partial charge in [0.15, 0.2) is 0 Å². The van der Waals surface area contributed by atoms with Gasteiger partial charge in [-0.3, -0.25) is 0 Å². The standard InChI is InChI=1S/C13H15N3OS/c1-7-11(14)15-12(9-3-4-9)16-13(7)18-10-5-6-17-8(10)2/h5-6,9H,3-4H2,1-2H3,(H2,14,15,16). The van der Waals surface area contributed by atoms with Gasteiger partial charge >= 0.3 is 0 Å². The van der Waals surface area contributed by atoms with Crippen molar-refractivity contribution in [3.05, 3.63) is 29.5 Å². The van der Waals surface area contributed by atoms with Gasteiger partial charge in [-0.05, 0) is 32.8 Å². The van der Waals surface area contributed by atoms with Crippen molar-refractivity contribution in [1.82, 2.24) is 9.97 Å². The number of rotatable bonds is 3. The number of hydrogen-bond acceptors (Lipinski definition) is 5. The smallest absolute Gasteiger partial charge is 0.135 e. The fraction of sp³-hybridized carbons (Fsp3) is 0.385. The van der Waals surface area contributed by atoms with E-state index in [0.29, 0.717) is 11.7 Å². The predicted molar refractivity (Wildman–Crippen MR) is 70.7 cm³/mol. The summed E-state index contributed by atoms with van der Waals surface area (Å²) in [5.41, 5.74) is 6.92. The summed E-state index contributed by atoms with van der Waals surface area (Å²) in [5, 5.41) is 0.939. The molecule has 0 amide bonds. The number of hydrogen-bond donors (Lipinski definition) is 1. The first-order chi connectivity index (χ1) is 8.65. The molecule has 2 aromatic rings. The third kappa shape index (κ3) is 2.10. The van der Waals surface area contributed by atoms with E-state index in [-0.39, 0.29) is 0 Å². The van der Waals surface area contributed by atoms with Gasteiger partial charge in [-0.2, -0.15) is 0 Å². The van der Waals surface area contributed by atoms with E-state index >= 15 is 0 Å². The predicted octanol–water partition coefficient (Wildman–Crippen LogP) is 3.30. The minimum atomic E-state index is 0.512. The van der Waals surface area contributed by atoms with Gasteiger partial charge in [-0.1, -0.05) is 11.8 Å². The zero-order valence-electron chi connectivity index (χ0n) is 10.4. The van der Waals surface area contributed by atoms with Gasteiger partial charge in [-0.15, -0.1) is 0 Å². The van der Waals surface area contributed by atoms with Crippen molar-refractivity contribution < 1.29 is 4.42 Å². The van der Waals surface area contributed by atoms with Crippen LogP contribution in [0.1, 0.15) is 35.9 Å². The van der Waals surface area contributed by atoms with Gasteiger partial charge in [0.25, 0.3) is 0 Å². The van der Waals surface area contributed by atoms with Crippen LogP contribution in [0, 0.1) is 13.8 Å². The average Bonchev–Trinajstić information content (AvgIpc) is 3.11. The van der Waals surface area contributed by atoms with Gasteiger partial charge in [-0.25, -0.2) is 9.97 Å². The molecule has 1 fully saturated rings. The first-order valence-electron chi connectivity index (χ1n) is 6.01. The van der Waals surface area contributed by atoms with Crippen LogP contribution in [0.4, 0.5) is 5.82 Å². The Labute approximate surface area is 110 Å². The largest absolute Gasteiger partial charge is 0.468 e. The molecule has 0 bridgehead atoms. The van der Waals surface area contributed by atoms with E-state index < -0.39 is 0 Å². The Bertz CT molecular complexity index is 590. The highest BCUT2D eigenvalue weighted by atomic mass is 32.2. The van der Waals surface area contributed by atoms with Gasteiger partial charge < -0.3 is 10.2 Å². The maximum Gasteiger partial charge on any atom is 0.135 e. The van der Waals surface area contributed by atoms with Crippen LogP contribution in [-0.2, 0) is 0 Å². The van der Waals surface area contributed by atoms with Gasteiger partial charge in [0, 0.05) is 11.5 Å². The zero-order chi connectivity index (χ0) is 12.7. The SMILES string of the molecule is Cc1occc1Sc1nc(C2CC2)nc(N)c1C. The highest BCUT2D eigenvalue weighted by Crippen LogP contribution is 2.40. The summed E-state index contributed by atoms with van der Waals surface area (Å²) in [6.07, 6.45) is 4.05. The molecule has 0 atom stereocenters. The Kier molecular flexibility index (Phi) is 2.78. The van der Waals surface area contributed by atoms with Crippen LogP contribution >= 0.6 is 11.8 Å². The fourth-order valence-corrected chi connectivity index (χ4v) is 2.66. The zero-order valence-corrected chi connectivity index (χ0v) is 11.3. The number of nitrogens with two attached hydrogens (primary N) is 1. The van der Waals surface area contributed by atoms with Crippen LogP contribution < -0.4 is 5.73 Å². The summed E-state index contributed by atoms with van der Waals surface area (Å²) in [6.45, 7) is 3.91. The van der Waals surface area contributed by atoms with Crippen LogP contribution in [0.15, 0.2) is 26.7 Å². The molecule has 2 aromatic heterocycles. The Hall–Kier alpha value is -1.49. The van der Waals surface area contributed by atoms with Gasteiger partial charge in [0.2, 0.25) is 0 Å².